The summed E-state index contributed by atoms with van der Waals surface area (Å²) < 4.78 is 0. The number of anilines is 1. The molecule has 0 saturated carbocycles. The Morgan fingerprint density at radius 3 is 2.65 bits per heavy atom. The molecule has 2 aliphatic rings. The first-order valence-corrected chi connectivity index (χ1v) is 7.16. The molecular formula is C14H20N6. The summed E-state index contributed by atoms with van der Waals surface area (Å²) >= 11 is 0. The van der Waals surface area contributed by atoms with Crippen molar-refractivity contribution in [3.8, 4) is 6.07 Å². The van der Waals surface area contributed by atoms with Crippen molar-refractivity contribution in [3.63, 3.8) is 0 Å². The number of piperazine rings is 1. The van der Waals surface area contributed by atoms with Gasteiger partial charge < -0.3 is 9.80 Å². The lowest BCUT2D eigenvalue weighted by atomic mass is 10.2. The number of nitrogens with zero attached hydrogens (tertiary/aromatic N) is 6. The Morgan fingerprint density at radius 2 is 1.90 bits per heavy atom. The van der Waals surface area contributed by atoms with Gasteiger partial charge in [0, 0.05) is 57.7 Å². The van der Waals surface area contributed by atoms with E-state index in [2.05, 4.69) is 37.8 Å². The second kappa shape index (κ2) is 5.73. The van der Waals surface area contributed by atoms with Crippen molar-refractivity contribution >= 4 is 5.82 Å². The molecule has 0 amide bonds. The Balaban J connectivity index is 1.66. The first-order chi connectivity index (χ1) is 9.78. The van der Waals surface area contributed by atoms with Crippen LogP contribution in [0.2, 0.25) is 0 Å². The molecule has 0 radical (unpaired) electrons. The highest BCUT2D eigenvalue weighted by molar-refractivity contribution is 5.50. The minimum absolute atomic E-state index is 0.437. The Labute approximate surface area is 119 Å². The lowest BCUT2D eigenvalue weighted by molar-refractivity contribution is 0.120. The summed E-state index contributed by atoms with van der Waals surface area (Å²) in [6.45, 7) is 6.48. The van der Waals surface area contributed by atoms with Crippen LogP contribution in [0.1, 0.15) is 12.1 Å². The van der Waals surface area contributed by atoms with Gasteiger partial charge in [0.15, 0.2) is 11.5 Å². The normalized spacial score (nSPS) is 24.8. The molecule has 106 valence electrons. The fraction of sp³-hybridized carbons (Fsp3) is 0.643. The summed E-state index contributed by atoms with van der Waals surface area (Å²) in [6.07, 6.45) is 4.39. The lowest BCUT2D eigenvalue weighted by Crippen LogP contribution is -2.49. The van der Waals surface area contributed by atoms with Crippen molar-refractivity contribution < 1.29 is 0 Å². The number of aromatic nitrogens is 2. The van der Waals surface area contributed by atoms with E-state index in [-0.39, 0.29) is 0 Å². The van der Waals surface area contributed by atoms with E-state index in [4.69, 9.17) is 5.26 Å². The van der Waals surface area contributed by atoms with Crippen LogP contribution in [0.15, 0.2) is 12.4 Å². The third-order valence-corrected chi connectivity index (χ3v) is 4.30. The van der Waals surface area contributed by atoms with Gasteiger partial charge in [0.2, 0.25) is 0 Å². The molecule has 6 heteroatoms. The quantitative estimate of drug-likeness (QED) is 0.765. The van der Waals surface area contributed by atoms with Gasteiger partial charge in [-0.25, -0.2) is 9.97 Å². The predicted molar refractivity (Wildman–Crippen MR) is 76.4 cm³/mol. The van der Waals surface area contributed by atoms with Crippen LogP contribution < -0.4 is 4.90 Å². The van der Waals surface area contributed by atoms with Gasteiger partial charge in [0.05, 0.1) is 0 Å². The molecule has 20 heavy (non-hydrogen) atoms. The monoisotopic (exact) mass is 272 g/mol. The Morgan fingerprint density at radius 1 is 1.15 bits per heavy atom. The molecule has 0 bridgehead atoms. The molecule has 2 saturated heterocycles. The zero-order valence-electron chi connectivity index (χ0n) is 11.9. The molecule has 1 aromatic rings. The van der Waals surface area contributed by atoms with Gasteiger partial charge in [-0.3, -0.25) is 4.90 Å². The Hall–Kier alpha value is -1.71. The van der Waals surface area contributed by atoms with Crippen LogP contribution in [0.5, 0.6) is 0 Å². The van der Waals surface area contributed by atoms with Gasteiger partial charge in [0.1, 0.15) is 6.07 Å². The average molecular weight is 272 g/mol. The van der Waals surface area contributed by atoms with Gasteiger partial charge in [-0.15, -0.1) is 0 Å². The van der Waals surface area contributed by atoms with Gasteiger partial charge in [-0.1, -0.05) is 0 Å². The van der Waals surface area contributed by atoms with Crippen molar-refractivity contribution in [2.24, 2.45) is 0 Å². The average Bonchev–Trinajstić information content (AvgIpc) is 2.97. The van der Waals surface area contributed by atoms with E-state index < -0.39 is 0 Å². The van der Waals surface area contributed by atoms with E-state index in [1.807, 2.05) is 0 Å². The Bertz CT molecular complexity index is 503. The number of likely N-dealkylation sites (N-methyl/N-ethyl adjacent to an activating group) is 1. The molecule has 0 spiro atoms. The maximum atomic E-state index is 9.13. The van der Waals surface area contributed by atoms with Crippen molar-refractivity contribution in [2.45, 2.75) is 12.5 Å². The molecular weight excluding hydrogens is 252 g/mol. The van der Waals surface area contributed by atoms with Crippen LogP contribution >= 0.6 is 0 Å². The molecule has 0 N–H and O–H groups in total. The molecule has 0 aromatic carbocycles. The van der Waals surface area contributed by atoms with Crippen molar-refractivity contribution in [1.29, 1.82) is 5.26 Å². The number of rotatable bonds is 2. The van der Waals surface area contributed by atoms with Crippen molar-refractivity contribution in [3.05, 3.63) is 18.1 Å². The van der Waals surface area contributed by atoms with E-state index in [9.17, 15) is 0 Å². The van der Waals surface area contributed by atoms with Gasteiger partial charge in [-0.2, -0.15) is 5.26 Å². The summed E-state index contributed by atoms with van der Waals surface area (Å²) in [7, 11) is 2.18. The molecule has 2 aliphatic heterocycles. The van der Waals surface area contributed by atoms with E-state index in [0.717, 1.165) is 51.5 Å². The molecule has 2 fully saturated rings. The third kappa shape index (κ3) is 2.60. The molecule has 3 heterocycles. The van der Waals surface area contributed by atoms with Gasteiger partial charge >= 0.3 is 0 Å². The van der Waals surface area contributed by atoms with Crippen LogP contribution in [-0.4, -0.2) is 72.1 Å². The molecule has 1 atom stereocenters. The maximum Gasteiger partial charge on any atom is 0.183 e. The van der Waals surface area contributed by atoms with E-state index in [0.29, 0.717) is 11.7 Å². The van der Waals surface area contributed by atoms with Crippen LogP contribution in [0.4, 0.5) is 5.82 Å². The van der Waals surface area contributed by atoms with E-state index >= 15 is 0 Å². The predicted octanol–water partition coefficient (Wildman–Crippen LogP) is 0.174. The minimum atomic E-state index is 0.437. The maximum absolute atomic E-state index is 9.13. The largest absolute Gasteiger partial charge is 0.353 e. The Kier molecular flexibility index (Phi) is 3.81. The van der Waals surface area contributed by atoms with Crippen LogP contribution in [0, 0.1) is 11.3 Å². The smallest absolute Gasteiger partial charge is 0.183 e. The topological polar surface area (TPSA) is 59.3 Å². The molecule has 3 rings (SSSR count). The highest BCUT2D eigenvalue weighted by Gasteiger charge is 2.31. The minimum Gasteiger partial charge on any atom is -0.353 e. The van der Waals surface area contributed by atoms with Crippen molar-refractivity contribution in [1.82, 2.24) is 19.8 Å². The summed E-state index contributed by atoms with van der Waals surface area (Å²) in [5.41, 5.74) is 0.437. The molecule has 1 aromatic heterocycles. The standard InChI is InChI=1S/C14H20N6/c1-18-6-8-19(9-7-18)12-2-5-20(11-12)14-13(10-15)16-3-4-17-14/h3-4,12H,2,5-9,11H2,1H3/t12-/m0/s1. The summed E-state index contributed by atoms with van der Waals surface area (Å²) in [4.78, 5) is 15.6. The summed E-state index contributed by atoms with van der Waals surface area (Å²) in [5.74, 6) is 0.742. The SMILES string of the molecule is CN1CCN([C@H]2CCN(c3nccnc3C#N)C2)CC1. The first kappa shape index (κ1) is 13.3. The highest BCUT2D eigenvalue weighted by atomic mass is 15.3. The third-order valence-electron chi connectivity index (χ3n) is 4.30. The second-order valence-corrected chi connectivity index (χ2v) is 5.57. The zero-order chi connectivity index (χ0) is 13.9. The van der Waals surface area contributed by atoms with Gasteiger partial charge in [-0.05, 0) is 13.5 Å². The first-order valence-electron chi connectivity index (χ1n) is 7.16. The van der Waals surface area contributed by atoms with Gasteiger partial charge in [0.25, 0.3) is 0 Å². The molecule has 0 aliphatic carbocycles. The van der Waals surface area contributed by atoms with Crippen molar-refractivity contribution in [2.75, 3.05) is 51.2 Å². The number of hydrogen-bond acceptors (Lipinski definition) is 6. The fourth-order valence-electron chi connectivity index (χ4n) is 3.06. The van der Waals surface area contributed by atoms with Crippen LogP contribution in [-0.2, 0) is 0 Å². The van der Waals surface area contributed by atoms with E-state index in [1.165, 1.54) is 0 Å². The zero-order valence-corrected chi connectivity index (χ0v) is 11.9. The summed E-state index contributed by atoms with van der Waals surface area (Å²) in [5, 5.41) is 9.13. The fourth-order valence-corrected chi connectivity index (χ4v) is 3.06. The summed E-state index contributed by atoms with van der Waals surface area (Å²) in [6, 6.07) is 2.72. The lowest BCUT2D eigenvalue weighted by Gasteiger charge is -2.36. The number of hydrogen-bond donors (Lipinski definition) is 0. The van der Waals surface area contributed by atoms with Crippen LogP contribution in [0.25, 0.3) is 0 Å². The second-order valence-electron chi connectivity index (χ2n) is 5.57. The highest BCUT2D eigenvalue weighted by Crippen LogP contribution is 2.23. The molecule has 0 unspecified atom stereocenters. The molecule has 6 nitrogen and oxygen atoms in total. The number of nitriles is 1. The van der Waals surface area contributed by atoms with Crippen LogP contribution in [0.3, 0.4) is 0 Å². The van der Waals surface area contributed by atoms with E-state index in [1.54, 1.807) is 12.4 Å².